The van der Waals surface area contributed by atoms with Gasteiger partial charge in [0.2, 0.25) is 0 Å². The van der Waals surface area contributed by atoms with E-state index in [1.54, 1.807) is 27.0 Å². The van der Waals surface area contributed by atoms with E-state index in [-0.39, 0.29) is 12.5 Å². The quantitative estimate of drug-likeness (QED) is 0.506. The van der Waals surface area contributed by atoms with Crippen molar-refractivity contribution in [3.63, 3.8) is 0 Å². The van der Waals surface area contributed by atoms with E-state index in [0.717, 1.165) is 23.1 Å². The number of hydrogen-bond donors (Lipinski definition) is 1. The van der Waals surface area contributed by atoms with Gasteiger partial charge in [-0.15, -0.1) is 11.3 Å². The standard InChI is InChI=1S/C14H14N4O3S2/c1-4-21-14(20)11-8(2)10(22-7-15)13(23-11)17-12(19)9-5-6-16-18(9)3/h5-6H,4H2,1-3H3,(H,17,19). The highest BCUT2D eigenvalue weighted by atomic mass is 32.2. The Balaban J connectivity index is 2.36. The summed E-state index contributed by atoms with van der Waals surface area (Å²) in [5.74, 6) is -0.822. The van der Waals surface area contributed by atoms with Gasteiger partial charge in [-0.25, -0.2) is 4.79 Å². The zero-order valence-corrected chi connectivity index (χ0v) is 14.4. The lowest BCUT2D eigenvalue weighted by atomic mass is 10.3. The van der Waals surface area contributed by atoms with Crippen LogP contribution < -0.4 is 5.32 Å². The van der Waals surface area contributed by atoms with E-state index in [0.29, 0.717) is 26.0 Å². The van der Waals surface area contributed by atoms with Crippen molar-refractivity contribution in [3.8, 4) is 5.40 Å². The smallest absolute Gasteiger partial charge is 0.348 e. The number of carbonyl (C=O) groups is 2. The summed E-state index contributed by atoms with van der Waals surface area (Å²) in [4.78, 5) is 25.2. The Labute approximate surface area is 141 Å². The number of esters is 1. The van der Waals surface area contributed by atoms with E-state index in [4.69, 9.17) is 10.00 Å². The number of amides is 1. The van der Waals surface area contributed by atoms with Crippen molar-refractivity contribution in [2.24, 2.45) is 7.05 Å². The van der Waals surface area contributed by atoms with Crippen LogP contribution in [0.25, 0.3) is 0 Å². The van der Waals surface area contributed by atoms with Gasteiger partial charge in [-0.1, -0.05) is 0 Å². The molecule has 2 aromatic heterocycles. The molecule has 0 aliphatic carbocycles. The first kappa shape index (κ1) is 17.1. The van der Waals surface area contributed by atoms with E-state index in [2.05, 4.69) is 10.4 Å². The molecule has 1 N–H and O–H groups in total. The predicted octanol–water partition coefficient (Wildman–Crippen LogP) is 2.79. The van der Waals surface area contributed by atoms with Crippen LogP contribution >= 0.6 is 23.1 Å². The average Bonchev–Trinajstić information content (AvgIpc) is 3.06. The van der Waals surface area contributed by atoms with Gasteiger partial charge in [-0.05, 0) is 37.2 Å². The second-order valence-electron chi connectivity index (χ2n) is 4.42. The molecule has 0 spiro atoms. The number of nitrogens with one attached hydrogen (secondary N) is 1. The fourth-order valence-electron chi connectivity index (χ4n) is 1.90. The summed E-state index contributed by atoms with van der Waals surface area (Å²) in [5.41, 5.74) is 1.00. The van der Waals surface area contributed by atoms with E-state index in [1.165, 1.54) is 10.9 Å². The lowest BCUT2D eigenvalue weighted by molar-refractivity contribution is 0.0531. The first-order valence-corrected chi connectivity index (χ1v) is 8.28. The molecule has 2 rings (SSSR count). The summed E-state index contributed by atoms with van der Waals surface area (Å²) in [7, 11) is 1.66. The maximum atomic E-state index is 12.3. The predicted molar refractivity (Wildman–Crippen MR) is 87.6 cm³/mol. The SMILES string of the molecule is CCOC(=O)c1sc(NC(=O)c2ccnn2C)c(SC#N)c1C. The first-order chi connectivity index (χ1) is 11.0. The van der Waals surface area contributed by atoms with Crippen molar-refractivity contribution in [1.29, 1.82) is 5.26 Å². The number of thiocyanates is 1. The number of aromatic nitrogens is 2. The summed E-state index contributed by atoms with van der Waals surface area (Å²) in [6.07, 6.45) is 1.52. The van der Waals surface area contributed by atoms with Crippen molar-refractivity contribution in [2.45, 2.75) is 18.7 Å². The van der Waals surface area contributed by atoms with Crippen LogP contribution in [0, 0.1) is 17.6 Å². The monoisotopic (exact) mass is 350 g/mol. The number of hydrogen-bond acceptors (Lipinski definition) is 7. The van der Waals surface area contributed by atoms with Crippen LogP contribution in [0.2, 0.25) is 0 Å². The normalized spacial score (nSPS) is 10.2. The molecule has 0 fully saturated rings. The topological polar surface area (TPSA) is 97.0 Å². The van der Waals surface area contributed by atoms with Gasteiger partial charge >= 0.3 is 5.97 Å². The highest BCUT2D eigenvalue weighted by Crippen LogP contribution is 2.40. The van der Waals surface area contributed by atoms with Crippen molar-refractivity contribution >= 4 is 40.0 Å². The molecule has 2 heterocycles. The molecule has 0 bridgehead atoms. The largest absolute Gasteiger partial charge is 0.462 e. The summed E-state index contributed by atoms with van der Waals surface area (Å²) in [6.45, 7) is 3.70. The molecular weight excluding hydrogens is 336 g/mol. The van der Waals surface area contributed by atoms with E-state index in [9.17, 15) is 9.59 Å². The molecule has 120 valence electrons. The van der Waals surface area contributed by atoms with E-state index < -0.39 is 5.97 Å². The van der Waals surface area contributed by atoms with Crippen molar-refractivity contribution in [1.82, 2.24) is 9.78 Å². The first-order valence-electron chi connectivity index (χ1n) is 6.65. The van der Waals surface area contributed by atoms with Crippen LogP contribution in [-0.2, 0) is 11.8 Å². The molecule has 1 amide bonds. The van der Waals surface area contributed by atoms with Gasteiger partial charge in [0.05, 0.1) is 11.5 Å². The van der Waals surface area contributed by atoms with Crippen molar-refractivity contribution < 1.29 is 14.3 Å². The lowest BCUT2D eigenvalue weighted by Gasteiger charge is -2.04. The van der Waals surface area contributed by atoms with E-state index >= 15 is 0 Å². The third kappa shape index (κ3) is 3.55. The van der Waals surface area contributed by atoms with Crippen LogP contribution in [0.4, 0.5) is 5.00 Å². The molecule has 7 nitrogen and oxygen atoms in total. The summed E-state index contributed by atoms with van der Waals surface area (Å²) in [6, 6.07) is 1.58. The summed E-state index contributed by atoms with van der Waals surface area (Å²) < 4.78 is 6.45. The molecule has 0 saturated carbocycles. The average molecular weight is 350 g/mol. The molecule has 2 aromatic rings. The third-order valence-electron chi connectivity index (χ3n) is 2.98. The minimum atomic E-state index is -0.462. The fraction of sp³-hybridized carbons (Fsp3) is 0.286. The Morgan fingerprint density at radius 1 is 1.57 bits per heavy atom. The molecule has 23 heavy (non-hydrogen) atoms. The maximum absolute atomic E-state index is 12.3. The molecule has 0 radical (unpaired) electrons. The van der Waals surface area contributed by atoms with Gasteiger partial charge < -0.3 is 10.1 Å². The van der Waals surface area contributed by atoms with Crippen LogP contribution in [-0.4, -0.2) is 28.3 Å². The maximum Gasteiger partial charge on any atom is 0.348 e. The van der Waals surface area contributed by atoms with Crippen LogP contribution in [0.1, 0.15) is 32.6 Å². The van der Waals surface area contributed by atoms with E-state index in [1.807, 2.05) is 5.40 Å². The number of aryl methyl sites for hydroxylation is 1. The molecular formula is C14H14N4O3S2. The number of carbonyl (C=O) groups excluding carboxylic acids is 2. The number of rotatable bonds is 5. The zero-order chi connectivity index (χ0) is 17.0. The second kappa shape index (κ2) is 7.30. The molecule has 0 aliphatic rings. The Bertz CT molecular complexity index is 789. The number of thioether (sulfide) groups is 1. The number of nitriles is 1. The van der Waals surface area contributed by atoms with Gasteiger partial charge in [0.1, 0.15) is 21.0 Å². The number of nitrogens with zero attached hydrogens (tertiary/aromatic N) is 3. The third-order valence-corrected chi connectivity index (χ3v) is 5.10. The Morgan fingerprint density at radius 2 is 2.30 bits per heavy atom. The number of anilines is 1. The minimum absolute atomic E-state index is 0.258. The van der Waals surface area contributed by atoms with Crippen LogP contribution in [0.5, 0.6) is 0 Å². The van der Waals surface area contributed by atoms with Gasteiger partial charge in [-0.3, -0.25) is 9.48 Å². The lowest BCUT2D eigenvalue weighted by Crippen LogP contribution is -2.15. The molecule has 0 saturated heterocycles. The van der Waals surface area contributed by atoms with Gasteiger partial charge in [0, 0.05) is 13.2 Å². The van der Waals surface area contributed by atoms with Crippen molar-refractivity contribution in [2.75, 3.05) is 11.9 Å². The highest BCUT2D eigenvalue weighted by molar-refractivity contribution is 8.04. The molecule has 0 atom stereocenters. The molecule has 9 heteroatoms. The highest BCUT2D eigenvalue weighted by Gasteiger charge is 2.23. The van der Waals surface area contributed by atoms with Gasteiger partial charge in [-0.2, -0.15) is 10.4 Å². The number of ether oxygens (including phenoxy) is 1. The molecule has 0 unspecified atom stereocenters. The van der Waals surface area contributed by atoms with Crippen molar-refractivity contribution in [3.05, 3.63) is 28.4 Å². The number of thiophene rings is 1. The van der Waals surface area contributed by atoms with Crippen LogP contribution in [0.15, 0.2) is 17.2 Å². The molecule has 0 aliphatic heterocycles. The van der Waals surface area contributed by atoms with Gasteiger partial charge in [0.15, 0.2) is 0 Å². The second-order valence-corrected chi connectivity index (χ2v) is 6.24. The van der Waals surface area contributed by atoms with Crippen LogP contribution in [0.3, 0.4) is 0 Å². The Kier molecular flexibility index (Phi) is 5.41. The fourth-order valence-corrected chi connectivity index (χ4v) is 3.70. The Morgan fingerprint density at radius 3 is 2.87 bits per heavy atom. The van der Waals surface area contributed by atoms with Gasteiger partial charge in [0.25, 0.3) is 5.91 Å². The summed E-state index contributed by atoms with van der Waals surface area (Å²) >= 11 is 2.00. The summed E-state index contributed by atoms with van der Waals surface area (Å²) in [5, 5.41) is 18.1. The Hall–Kier alpha value is -2.31. The minimum Gasteiger partial charge on any atom is -0.462 e. The zero-order valence-electron chi connectivity index (χ0n) is 12.7. The molecule has 0 aromatic carbocycles.